The van der Waals surface area contributed by atoms with Crippen LogP contribution in [0.25, 0.3) is 0 Å². The second kappa shape index (κ2) is 5.78. The average Bonchev–Trinajstić information content (AvgIpc) is 2.29. The first-order chi connectivity index (χ1) is 6.99. The largest absolute Gasteiger partial charge is 0.317 e. The van der Waals surface area contributed by atoms with E-state index in [1.165, 1.54) is 0 Å². The minimum atomic E-state index is -2.46. The fourth-order valence-electron chi connectivity index (χ4n) is 2.40. The molecule has 0 radical (unpaired) electrons. The molecular weight excluding hydrogens is 196 g/mol. The highest BCUT2D eigenvalue weighted by Gasteiger charge is 2.33. The highest BCUT2D eigenvalue weighted by molar-refractivity contribution is 4.76. The van der Waals surface area contributed by atoms with Crippen LogP contribution in [-0.4, -0.2) is 19.0 Å². The zero-order valence-corrected chi connectivity index (χ0v) is 9.86. The van der Waals surface area contributed by atoms with E-state index in [1.54, 1.807) is 0 Å². The van der Waals surface area contributed by atoms with Crippen LogP contribution in [0.2, 0.25) is 0 Å². The SMILES string of the molecule is CC(C)CC(F)(F)CC1CCCNCC1. The lowest BCUT2D eigenvalue weighted by molar-refractivity contribution is -0.0422. The van der Waals surface area contributed by atoms with Crippen molar-refractivity contribution in [2.24, 2.45) is 11.8 Å². The first-order valence-electron chi connectivity index (χ1n) is 6.08. The number of hydrogen-bond donors (Lipinski definition) is 1. The van der Waals surface area contributed by atoms with Gasteiger partial charge in [-0.05, 0) is 44.2 Å². The highest BCUT2D eigenvalue weighted by atomic mass is 19.3. The minimum absolute atomic E-state index is 0.0386. The van der Waals surface area contributed by atoms with E-state index < -0.39 is 5.92 Å². The molecular formula is C12H23F2N. The summed E-state index contributed by atoms with van der Waals surface area (Å²) in [5.41, 5.74) is 0. The number of halogens is 2. The van der Waals surface area contributed by atoms with Crippen molar-refractivity contribution in [1.82, 2.24) is 5.32 Å². The molecule has 0 aromatic rings. The second-order valence-electron chi connectivity index (χ2n) is 5.20. The average molecular weight is 219 g/mol. The number of hydrogen-bond acceptors (Lipinski definition) is 1. The lowest BCUT2D eigenvalue weighted by atomic mass is 9.90. The van der Waals surface area contributed by atoms with Gasteiger partial charge in [-0.2, -0.15) is 0 Å². The third-order valence-electron chi connectivity index (χ3n) is 2.99. The van der Waals surface area contributed by atoms with E-state index in [0.717, 1.165) is 32.4 Å². The van der Waals surface area contributed by atoms with Crippen LogP contribution < -0.4 is 5.32 Å². The van der Waals surface area contributed by atoms with E-state index in [1.807, 2.05) is 13.8 Å². The van der Waals surface area contributed by atoms with Crippen LogP contribution in [0.4, 0.5) is 8.78 Å². The Morgan fingerprint density at radius 2 is 2.00 bits per heavy atom. The Hall–Kier alpha value is -0.180. The van der Waals surface area contributed by atoms with Gasteiger partial charge >= 0.3 is 0 Å². The third-order valence-corrected chi connectivity index (χ3v) is 2.99. The summed E-state index contributed by atoms with van der Waals surface area (Å²) >= 11 is 0. The third kappa shape index (κ3) is 5.45. The van der Waals surface area contributed by atoms with E-state index in [-0.39, 0.29) is 24.7 Å². The van der Waals surface area contributed by atoms with Gasteiger partial charge in [0, 0.05) is 12.8 Å². The molecule has 90 valence electrons. The molecule has 1 fully saturated rings. The molecule has 1 aliphatic heterocycles. The first-order valence-corrected chi connectivity index (χ1v) is 6.08. The fraction of sp³-hybridized carbons (Fsp3) is 1.00. The topological polar surface area (TPSA) is 12.0 Å². The summed E-state index contributed by atoms with van der Waals surface area (Å²) in [5, 5.41) is 3.26. The van der Waals surface area contributed by atoms with Crippen LogP contribution in [-0.2, 0) is 0 Å². The predicted octanol–water partition coefficient (Wildman–Crippen LogP) is 3.45. The number of rotatable bonds is 4. The van der Waals surface area contributed by atoms with Crippen LogP contribution in [0.3, 0.4) is 0 Å². The number of alkyl halides is 2. The molecule has 1 heterocycles. The fourth-order valence-corrected chi connectivity index (χ4v) is 2.40. The zero-order chi connectivity index (χ0) is 11.3. The maximum atomic E-state index is 13.6. The Kier molecular flexibility index (Phi) is 4.97. The smallest absolute Gasteiger partial charge is 0.248 e. The maximum Gasteiger partial charge on any atom is 0.248 e. The van der Waals surface area contributed by atoms with Crippen molar-refractivity contribution in [3.8, 4) is 0 Å². The van der Waals surface area contributed by atoms with Crippen molar-refractivity contribution >= 4 is 0 Å². The van der Waals surface area contributed by atoms with E-state index in [2.05, 4.69) is 5.32 Å². The normalized spacial score (nSPS) is 24.2. The summed E-state index contributed by atoms with van der Waals surface area (Å²) < 4.78 is 27.1. The molecule has 1 saturated heterocycles. The molecule has 0 aromatic carbocycles. The Balaban J connectivity index is 2.36. The molecule has 0 aromatic heterocycles. The Labute approximate surface area is 91.6 Å². The molecule has 0 bridgehead atoms. The molecule has 1 unspecified atom stereocenters. The molecule has 0 spiro atoms. The Morgan fingerprint density at radius 1 is 1.27 bits per heavy atom. The van der Waals surface area contributed by atoms with Crippen molar-refractivity contribution in [2.75, 3.05) is 13.1 Å². The molecule has 1 rings (SSSR count). The van der Waals surface area contributed by atoms with Gasteiger partial charge in [-0.15, -0.1) is 0 Å². The second-order valence-corrected chi connectivity index (χ2v) is 5.20. The zero-order valence-electron chi connectivity index (χ0n) is 9.86. The van der Waals surface area contributed by atoms with Crippen LogP contribution in [0.15, 0.2) is 0 Å². The molecule has 0 saturated carbocycles. The van der Waals surface area contributed by atoms with Crippen LogP contribution in [0, 0.1) is 11.8 Å². The van der Waals surface area contributed by atoms with Crippen molar-refractivity contribution < 1.29 is 8.78 Å². The molecule has 15 heavy (non-hydrogen) atoms. The van der Waals surface area contributed by atoms with Gasteiger partial charge in [0.25, 0.3) is 0 Å². The van der Waals surface area contributed by atoms with Gasteiger partial charge in [-0.3, -0.25) is 0 Å². The van der Waals surface area contributed by atoms with Crippen molar-refractivity contribution in [3.05, 3.63) is 0 Å². The van der Waals surface area contributed by atoms with Crippen molar-refractivity contribution in [1.29, 1.82) is 0 Å². The standard InChI is InChI=1S/C12H23F2N/c1-10(2)8-12(13,14)9-11-4-3-6-15-7-5-11/h10-11,15H,3-9H2,1-2H3. The Bertz CT molecular complexity index is 172. The highest BCUT2D eigenvalue weighted by Crippen LogP contribution is 2.33. The van der Waals surface area contributed by atoms with Gasteiger partial charge in [0.2, 0.25) is 5.92 Å². The van der Waals surface area contributed by atoms with Crippen LogP contribution >= 0.6 is 0 Å². The lowest BCUT2D eigenvalue weighted by Crippen LogP contribution is -2.23. The van der Waals surface area contributed by atoms with Crippen molar-refractivity contribution in [3.63, 3.8) is 0 Å². The van der Waals surface area contributed by atoms with Gasteiger partial charge < -0.3 is 5.32 Å². The summed E-state index contributed by atoms with van der Waals surface area (Å²) in [5.74, 6) is -2.15. The minimum Gasteiger partial charge on any atom is -0.317 e. The Morgan fingerprint density at radius 3 is 2.67 bits per heavy atom. The summed E-state index contributed by atoms with van der Waals surface area (Å²) in [6.07, 6.45) is 3.04. The van der Waals surface area contributed by atoms with Gasteiger partial charge in [0.1, 0.15) is 0 Å². The summed E-state index contributed by atoms with van der Waals surface area (Å²) in [6.45, 7) is 5.62. The molecule has 3 heteroatoms. The van der Waals surface area contributed by atoms with Gasteiger partial charge in [-0.1, -0.05) is 13.8 Å². The summed E-state index contributed by atoms with van der Waals surface area (Å²) in [6, 6.07) is 0. The molecule has 1 aliphatic rings. The molecule has 1 N–H and O–H groups in total. The number of nitrogens with one attached hydrogen (secondary N) is 1. The molecule has 1 atom stereocenters. The van der Waals surface area contributed by atoms with E-state index >= 15 is 0 Å². The van der Waals surface area contributed by atoms with E-state index in [0.29, 0.717) is 0 Å². The monoisotopic (exact) mass is 219 g/mol. The van der Waals surface area contributed by atoms with E-state index in [9.17, 15) is 8.78 Å². The van der Waals surface area contributed by atoms with Gasteiger partial charge in [0.05, 0.1) is 0 Å². The van der Waals surface area contributed by atoms with Crippen molar-refractivity contribution in [2.45, 2.75) is 51.9 Å². The molecule has 1 nitrogen and oxygen atoms in total. The van der Waals surface area contributed by atoms with E-state index in [4.69, 9.17) is 0 Å². The van der Waals surface area contributed by atoms with Crippen LogP contribution in [0.5, 0.6) is 0 Å². The summed E-state index contributed by atoms with van der Waals surface area (Å²) in [4.78, 5) is 0. The molecule has 0 amide bonds. The lowest BCUT2D eigenvalue weighted by Gasteiger charge is -2.23. The first kappa shape index (κ1) is 12.9. The van der Waals surface area contributed by atoms with Gasteiger partial charge in [-0.25, -0.2) is 8.78 Å². The predicted molar refractivity (Wildman–Crippen MR) is 59.2 cm³/mol. The molecule has 0 aliphatic carbocycles. The van der Waals surface area contributed by atoms with Gasteiger partial charge in [0.15, 0.2) is 0 Å². The summed E-state index contributed by atoms with van der Waals surface area (Å²) in [7, 11) is 0. The van der Waals surface area contributed by atoms with Crippen LogP contribution in [0.1, 0.15) is 46.0 Å². The maximum absolute atomic E-state index is 13.6. The quantitative estimate of drug-likeness (QED) is 0.763.